The van der Waals surface area contributed by atoms with Gasteiger partial charge in [-0.3, -0.25) is 0 Å². The fraction of sp³-hybridized carbons (Fsp3) is 0.0370. The molecule has 0 bridgehead atoms. The van der Waals surface area contributed by atoms with Crippen LogP contribution in [-0.4, -0.2) is 23.8 Å². The van der Waals surface area contributed by atoms with Crippen LogP contribution in [0.3, 0.4) is 0 Å². The van der Waals surface area contributed by atoms with Crippen molar-refractivity contribution in [1.82, 2.24) is 0 Å². The van der Waals surface area contributed by atoms with Gasteiger partial charge in [-0.15, -0.1) is 0 Å². The predicted molar refractivity (Wildman–Crippen MR) is 125 cm³/mol. The van der Waals surface area contributed by atoms with E-state index in [1.807, 2.05) is 55.6 Å². The fourth-order valence-electron chi connectivity index (χ4n) is 3.97. The number of aromatic carboxylic acids is 1. The van der Waals surface area contributed by atoms with Gasteiger partial charge in [0.25, 0.3) is 0 Å². The molecule has 4 heteroatoms. The molecule has 0 saturated carbocycles. The molecule has 1 aliphatic rings. The van der Waals surface area contributed by atoms with Gasteiger partial charge in [-0.2, -0.15) is 0 Å². The van der Waals surface area contributed by atoms with Crippen molar-refractivity contribution >= 4 is 28.7 Å². The van der Waals surface area contributed by atoms with Crippen LogP contribution in [0.2, 0.25) is 0 Å². The summed E-state index contributed by atoms with van der Waals surface area (Å²) in [6.45, 7) is 0. The second-order valence-electron chi connectivity index (χ2n) is 7.49. The summed E-state index contributed by atoms with van der Waals surface area (Å²) < 4.78 is 0. The van der Waals surface area contributed by atoms with Gasteiger partial charge in [0.05, 0.1) is 28.3 Å². The first kappa shape index (κ1) is 18.8. The summed E-state index contributed by atoms with van der Waals surface area (Å²) in [5, 5.41) is 9.28. The van der Waals surface area contributed by atoms with Gasteiger partial charge in [-0.25, -0.2) is 9.79 Å². The minimum absolute atomic E-state index is 0.258. The number of nitrogens with zero attached hydrogens (tertiary/aromatic N) is 2. The van der Waals surface area contributed by atoms with Crippen LogP contribution in [0.1, 0.15) is 21.5 Å². The molecular formula is C27H20N2O2. The molecule has 0 radical (unpaired) electrons. The van der Waals surface area contributed by atoms with E-state index in [2.05, 4.69) is 41.3 Å². The Morgan fingerprint density at radius 2 is 1.42 bits per heavy atom. The van der Waals surface area contributed by atoms with Gasteiger partial charge in [-0.05, 0) is 47.5 Å². The number of hydrogen-bond acceptors (Lipinski definition) is 3. The van der Waals surface area contributed by atoms with Crippen LogP contribution in [0.4, 0.5) is 17.1 Å². The Morgan fingerprint density at radius 3 is 2.16 bits per heavy atom. The summed E-state index contributed by atoms with van der Waals surface area (Å²) in [6.07, 6.45) is 0. The highest BCUT2D eigenvalue weighted by atomic mass is 16.4. The molecule has 0 saturated heterocycles. The maximum absolute atomic E-state index is 11.3. The van der Waals surface area contributed by atoms with E-state index in [0.717, 1.165) is 45.0 Å². The molecule has 4 aromatic rings. The van der Waals surface area contributed by atoms with Crippen LogP contribution in [0, 0.1) is 0 Å². The number of para-hydroxylation sites is 2. The second kappa shape index (κ2) is 7.58. The van der Waals surface area contributed by atoms with Gasteiger partial charge in [0.15, 0.2) is 0 Å². The van der Waals surface area contributed by atoms with Crippen molar-refractivity contribution in [2.45, 2.75) is 0 Å². The summed E-state index contributed by atoms with van der Waals surface area (Å²) in [4.78, 5) is 18.5. The molecule has 31 heavy (non-hydrogen) atoms. The largest absolute Gasteiger partial charge is 0.478 e. The van der Waals surface area contributed by atoms with Crippen LogP contribution in [-0.2, 0) is 0 Å². The number of aliphatic imine (C=N–C) groups is 1. The van der Waals surface area contributed by atoms with Crippen molar-refractivity contribution in [1.29, 1.82) is 0 Å². The molecule has 0 spiro atoms. The molecule has 150 valence electrons. The standard InChI is InChI=1S/C27H20N2O2/c1-29-24-16-15-21(18-7-3-2-4-8-18)17-22(24)26(28-23-9-5-6-10-25(23)29)19-11-13-20(14-12-19)27(30)31/h2-17H,1H3,(H,30,31). The van der Waals surface area contributed by atoms with Gasteiger partial charge < -0.3 is 10.0 Å². The summed E-state index contributed by atoms with van der Waals surface area (Å²) in [5.41, 5.74) is 8.14. The van der Waals surface area contributed by atoms with E-state index >= 15 is 0 Å². The van der Waals surface area contributed by atoms with Crippen molar-refractivity contribution in [2.75, 3.05) is 11.9 Å². The number of rotatable bonds is 3. The molecule has 1 heterocycles. The van der Waals surface area contributed by atoms with E-state index in [-0.39, 0.29) is 5.56 Å². The third kappa shape index (κ3) is 3.38. The van der Waals surface area contributed by atoms with Crippen molar-refractivity contribution in [3.05, 3.63) is 114 Å². The van der Waals surface area contributed by atoms with Crippen LogP contribution >= 0.6 is 0 Å². The van der Waals surface area contributed by atoms with Crippen LogP contribution in [0.25, 0.3) is 11.1 Å². The molecule has 4 aromatic carbocycles. The Labute approximate surface area is 180 Å². The molecule has 1 aliphatic heterocycles. The van der Waals surface area contributed by atoms with Crippen molar-refractivity contribution < 1.29 is 9.90 Å². The molecule has 4 nitrogen and oxygen atoms in total. The van der Waals surface area contributed by atoms with E-state index < -0.39 is 5.97 Å². The Kier molecular flexibility index (Phi) is 4.60. The Hall–Kier alpha value is -4.18. The number of fused-ring (bicyclic) bond motifs is 2. The average Bonchev–Trinajstić information content (AvgIpc) is 2.94. The van der Waals surface area contributed by atoms with E-state index in [9.17, 15) is 9.90 Å². The van der Waals surface area contributed by atoms with Gasteiger partial charge in [0.2, 0.25) is 0 Å². The van der Waals surface area contributed by atoms with E-state index in [1.54, 1.807) is 12.1 Å². The van der Waals surface area contributed by atoms with Gasteiger partial charge >= 0.3 is 5.97 Å². The van der Waals surface area contributed by atoms with E-state index in [4.69, 9.17) is 4.99 Å². The van der Waals surface area contributed by atoms with Crippen LogP contribution in [0.15, 0.2) is 102 Å². The number of carbonyl (C=O) groups is 1. The summed E-state index contributed by atoms with van der Waals surface area (Å²) in [5.74, 6) is -0.939. The highest BCUT2D eigenvalue weighted by molar-refractivity contribution is 6.19. The minimum atomic E-state index is -0.939. The monoisotopic (exact) mass is 404 g/mol. The molecule has 0 atom stereocenters. The zero-order chi connectivity index (χ0) is 21.4. The Bertz CT molecular complexity index is 1310. The number of anilines is 2. The zero-order valence-corrected chi connectivity index (χ0v) is 17.0. The lowest BCUT2D eigenvalue weighted by Gasteiger charge is -2.22. The van der Waals surface area contributed by atoms with Crippen LogP contribution in [0.5, 0.6) is 0 Å². The number of carboxylic acids is 1. The molecule has 1 N–H and O–H groups in total. The normalized spacial score (nSPS) is 12.4. The molecule has 5 rings (SSSR count). The molecular weight excluding hydrogens is 384 g/mol. The Morgan fingerprint density at radius 1 is 0.742 bits per heavy atom. The molecule has 0 fully saturated rings. The number of hydrogen-bond donors (Lipinski definition) is 1. The quantitative estimate of drug-likeness (QED) is 0.436. The van der Waals surface area contributed by atoms with E-state index in [1.165, 1.54) is 0 Å². The van der Waals surface area contributed by atoms with Crippen molar-refractivity contribution in [3.8, 4) is 11.1 Å². The van der Waals surface area contributed by atoms with Crippen LogP contribution < -0.4 is 4.90 Å². The SMILES string of the molecule is CN1c2ccccc2N=C(c2ccc(C(=O)O)cc2)c2cc(-c3ccccc3)ccc21. The maximum atomic E-state index is 11.3. The highest BCUT2D eigenvalue weighted by Crippen LogP contribution is 2.40. The zero-order valence-electron chi connectivity index (χ0n) is 17.0. The lowest BCUT2D eigenvalue weighted by Crippen LogP contribution is -2.13. The molecule has 0 unspecified atom stereocenters. The summed E-state index contributed by atoms with van der Waals surface area (Å²) in [7, 11) is 2.05. The molecule has 0 aliphatic carbocycles. The minimum Gasteiger partial charge on any atom is -0.478 e. The molecule has 0 amide bonds. The van der Waals surface area contributed by atoms with Gasteiger partial charge in [0, 0.05) is 18.2 Å². The van der Waals surface area contributed by atoms with Gasteiger partial charge in [0.1, 0.15) is 0 Å². The Balaban J connectivity index is 1.75. The third-order valence-corrected chi connectivity index (χ3v) is 5.60. The highest BCUT2D eigenvalue weighted by Gasteiger charge is 2.22. The van der Waals surface area contributed by atoms with Gasteiger partial charge in [-0.1, -0.05) is 60.7 Å². The van der Waals surface area contributed by atoms with Crippen molar-refractivity contribution in [3.63, 3.8) is 0 Å². The average molecular weight is 404 g/mol. The second-order valence-corrected chi connectivity index (χ2v) is 7.49. The predicted octanol–water partition coefficient (Wildman–Crippen LogP) is 6.30. The fourth-order valence-corrected chi connectivity index (χ4v) is 3.97. The smallest absolute Gasteiger partial charge is 0.335 e. The van der Waals surface area contributed by atoms with E-state index in [0.29, 0.717) is 0 Å². The summed E-state index contributed by atoms with van der Waals surface area (Å²) in [6, 6.07) is 31.6. The first-order valence-corrected chi connectivity index (χ1v) is 10.1. The number of carboxylic acid groups (broad SMARTS) is 1. The lowest BCUT2D eigenvalue weighted by atomic mass is 9.95. The third-order valence-electron chi connectivity index (χ3n) is 5.60. The first-order valence-electron chi connectivity index (χ1n) is 10.1. The maximum Gasteiger partial charge on any atom is 0.335 e. The topological polar surface area (TPSA) is 52.9 Å². The molecule has 0 aromatic heterocycles. The number of benzene rings is 4. The summed E-state index contributed by atoms with van der Waals surface area (Å²) >= 11 is 0. The van der Waals surface area contributed by atoms with Crippen molar-refractivity contribution in [2.24, 2.45) is 4.99 Å². The first-order chi connectivity index (χ1) is 15.1. The lowest BCUT2D eigenvalue weighted by molar-refractivity contribution is 0.0697.